The molecule has 2 amide bonds. The second kappa shape index (κ2) is 6.08. The third kappa shape index (κ3) is 2.61. The predicted octanol–water partition coefficient (Wildman–Crippen LogP) is 2.81. The number of nitrogens with zero attached hydrogens (tertiary/aromatic N) is 5. The third-order valence-corrected chi connectivity index (χ3v) is 5.18. The SMILES string of the molecule is Cc1[nH]ncc1-c1ccc2c(n1)N(C(=O)Nc1ccccn1)[C@H]1CCN2C1. The molecule has 0 saturated carbocycles. The first-order valence-electron chi connectivity index (χ1n) is 8.98. The van der Waals surface area contributed by atoms with Gasteiger partial charge in [0.25, 0.3) is 0 Å². The van der Waals surface area contributed by atoms with Crippen molar-refractivity contribution < 1.29 is 4.79 Å². The number of hydrogen-bond donors (Lipinski definition) is 2. The van der Waals surface area contributed by atoms with Crippen LogP contribution in [0.15, 0.2) is 42.7 Å². The summed E-state index contributed by atoms with van der Waals surface area (Å²) < 4.78 is 0. The molecule has 5 heterocycles. The molecule has 3 aromatic rings. The average Bonchev–Trinajstić information content (AvgIpc) is 3.29. The first kappa shape index (κ1) is 15.8. The van der Waals surface area contributed by atoms with Gasteiger partial charge in [0.1, 0.15) is 5.82 Å². The number of aryl methyl sites for hydroxylation is 1. The van der Waals surface area contributed by atoms with Crippen LogP contribution in [0.4, 0.5) is 22.1 Å². The Morgan fingerprint density at radius 3 is 3.00 bits per heavy atom. The van der Waals surface area contributed by atoms with E-state index in [-0.39, 0.29) is 12.1 Å². The van der Waals surface area contributed by atoms with Crippen molar-refractivity contribution >= 4 is 23.4 Å². The van der Waals surface area contributed by atoms with Crippen molar-refractivity contribution in [2.75, 3.05) is 28.2 Å². The number of carbonyl (C=O) groups is 1. The third-order valence-electron chi connectivity index (χ3n) is 5.18. The maximum Gasteiger partial charge on any atom is 0.329 e. The highest BCUT2D eigenvalue weighted by atomic mass is 16.2. The highest BCUT2D eigenvalue weighted by Gasteiger charge is 2.40. The summed E-state index contributed by atoms with van der Waals surface area (Å²) in [6.45, 7) is 3.72. The number of pyridine rings is 2. The molecular formula is C19H19N7O. The number of nitrogens with one attached hydrogen (secondary N) is 2. The number of fused-ring (bicyclic) bond motifs is 4. The lowest BCUT2D eigenvalue weighted by molar-refractivity contribution is 0.254. The number of urea groups is 1. The summed E-state index contributed by atoms with van der Waals surface area (Å²) in [5.41, 5.74) is 3.68. The molecular weight excluding hydrogens is 342 g/mol. The molecule has 0 aliphatic carbocycles. The van der Waals surface area contributed by atoms with Gasteiger partial charge in [-0.25, -0.2) is 14.8 Å². The Bertz CT molecular complexity index is 1000. The second-order valence-corrected chi connectivity index (χ2v) is 6.85. The zero-order valence-corrected chi connectivity index (χ0v) is 14.9. The standard InChI is InChI=1S/C19H19N7O/c1-12-14(10-21-24-12)15-5-6-16-18(22-15)26(13-7-9-25(16)11-13)19(27)23-17-4-2-3-8-20-17/h2-6,8,10,13H,7,9,11H2,1H3,(H,21,24)(H,20,23,27)/t13-/m0/s1. The van der Waals surface area contributed by atoms with Gasteiger partial charge in [0.2, 0.25) is 0 Å². The van der Waals surface area contributed by atoms with Crippen molar-refractivity contribution in [3.63, 3.8) is 0 Å². The number of amides is 2. The monoisotopic (exact) mass is 361 g/mol. The van der Waals surface area contributed by atoms with Crippen LogP contribution in [-0.4, -0.2) is 45.3 Å². The summed E-state index contributed by atoms with van der Waals surface area (Å²) in [4.78, 5) is 26.2. The van der Waals surface area contributed by atoms with Crippen molar-refractivity contribution in [3.05, 3.63) is 48.4 Å². The normalized spacial score (nSPS) is 17.7. The number of aromatic nitrogens is 4. The van der Waals surface area contributed by atoms with Crippen LogP contribution >= 0.6 is 0 Å². The maximum absolute atomic E-state index is 13.1. The molecule has 136 valence electrons. The molecule has 0 spiro atoms. The van der Waals surface area contributed by atoms with Crippen molar-refractivity contribution in [1.29, 1.82) is 0 Å². The number of carbonyl (C=O) groups excluding carboxylic acids is 1. The van der Waals surface area contributed by atoms with Crippen LogP contribution in [-0.2, 0) is 0 Å². The summed E-state index contributed by atoms with van der Waals surface area (Å²) in [6, 6.07) is 9.40. The van der Waals surface area contributed by atoms with Crippen molar-refractivity contribution in [3.8, 4) is 11.3 Å². The largest absolute Gasteiger partial charge is 0.366 e. The fraction of sp³-hybridized carbons (Fsp3) is 0.263. The quantitative estimate of drug-likeness (QED) is 0.732. The minimum atomic E-state index is -0.199. The van der Waals surface area contributed by atoms with E-state index in [1.807, 2.05) is 31.2 Å². The van der Waals surface area contributed by atoms with Gasteiger partial charge in [-0.15, -0.1) is 0 Å². The van der Waals surface area contributed by atoms with E-state index in [4.69, 9.17) is 4.98 Å². The lowest BCUT2D eigenvalue weighted by Crippen LogP contribution is -2.48. The Morgan fingerprint density at radius 2 is 2.22 bits per heavy atom. The maximum atomic E-state index is 13.1. The van der Waals surface area contributed by atoms with E-state index < -0.39 is 0 Å². The summed E-state index contributed by atoms with van der Waals surface area (Å²) in [5.74, 6) is 1.22. The fourth-order valence-electron chi connectivity index (χ4n) is 3.84. The highest BCUT2D eigenvalue weighted by Crippen LogP contribution is 2.40. The van der Waals surface area contributed by atoms with Crippen LogP contribution in [0.25, 0.3) is 11.3 Å². The molecule has 0 unspecified atom stereocenters. The van der Waals surface area contributed by atoms with Crippen LogP contribution in [0.3, 0.4) is 0 Å². The molecule has 2 aliphatic rings. The molecule has 8 heteroatoms. The number of H-pyrrole nitrogens is 1. The molecule has 5 rings (SSSR count). The van der Waals surface area contributed by atoms with Gasteiger partial charge in [-0.2, -0.15) is 5.10 Å². The molecule has 2 bridgehead atoms. The summed E-state index contributed by atoms with van der Waals surface area (Å²) in [7, 11) is 0. The fourth-order valence-corrected chi connectivity index (χ4v) is 3.84. The van der Waals surface area contributed by atoms with Crippen molar-refractivity contribution in [2.45, 2.75) is 19.4 Å². The second-order valence-electron chi connectivity index (χ2n) is 6.85. The van der Waals surface area contributed by atoms with E-state index >= 15 is 0 Å². The number of rotatable bonds is 2. The van der Waals surface area contributed by atoms with Gasteiger partial charge < -0.3 is 4.90 Å². The highest BCUT2D eigenvalue weighted by molar-refractivity contribution is 6.04. The Hall–Kier alpha value is -3.42. The minimum Gasteiger partial charge on any atom is -0.366 e. The number of anilines is 3. The van der Waals surface area contributed by atoms with Gasteiger partial charge in [-0.3, -0.25) is 15.3 Å². The summed E-state index contributed by atoms with van der Waals surface area (Å²) in [6.07, 6.45) is 4.35. The van der Waals surface area contributed by atoms with E-state index in [2.05, 4.69) is 25.4 Å². The lowest BCUT2D eigenvalue weighted by atomic mass is 10.1. The lowest BCUT2D eigenvalue weighted by Gasteiger charge is -2.35. The Morgan fingerprint density at radius 1 is 1.30 bits per heavy atom. The number of hydrogen-bond acceptors (Lipinski definition) is 5. The van der Waals surface area contributed by atoms with Gasteiger partial charge >= 0.3 is 6.03 Å². The first-order valence-corrected chi connectivity index (χ1v) is 8.98. The summed E-state index contributed by atoms with van der Waals surface area (Å²) in [5, 5.41) is 9.93. The Kier molecular flexibility index (Phi) is 3.56. The zero-order chi connectivity index (χ0) is 18.4. The van der Waals surface area contributed by atoms with Gasteiger partial charge in [-0.1, -0.05) is 6.07 Å². The van der Waals surface area contributed by atoms with E-state index in [0.717, 1.165) is 42.1 Å². The smallest absolute Gasteiger partial charge is 0.329 e. The van der Waals surface area contributed by atoms with Crippen LogP contribution in [0.5, 0.6) is 0 Å². The first-order chi connectivity index (χ1) is 13.2. The van der Waals surface area contributed by atoms with Gasteiger partial charge in [0.05, 0.1) is 23.6 Å². The van der Waals surface area contributed by atoms with Crippen LogP contribution in [0.2, 0.25) is 0 Å². The molecule has 1 atom stereocenters. The van der Waals surface area contributed by atoms with Gasteiger partial charge in [0.15, 0.2) is 5.82 Å². The Labute approximate surface area is 156 Å². The molecule has 2 N–H and O–H groups in total. The van der Waals surface area contributed by atoms with Crippen molar-refractivity contribution in [1.82, 2.24) is 20.2 Å². The number of aromatic amines is 1. The van der Waals surface area contributed by atoms with E-state index in [1.165, 1.54) is 0 Å². The summed E-state index contributed by atoms with van der Waals surface area (Å²) >= 11 is 0. The zero-order valence-electron chi connectivity index (χ0n) is 14.9. The Balaban J connectivity index is 1.55. The molecule has 1 saturated heterocycles. The van der Waals surface area contributed by atoms with Crippen LogP contribution < -0.4 is 15.1 Å². The van der Waals surface area contributed by atoms with Gasteiger partial charge in [-0.05, 0) is 37.6 Å². The average molecular weight is 361 g/mol. The van der Waals surface area contributed by atoms with E-state index in [0.29, 0.717) is 11.6 Å². The topological polar surface area (TPSA) is 90.0 Å². The molecule has 1 fully saturated rings. The van der Waals surface area contributed by atoms with Gasteiger partial charge in [0, 0.05) is 30.5 Å². The molecule has 0 aromatic carbocycles. The van der Waals surface area contributed by atoms with Crippen molar-refractivity contribution in [2.24, 2.45) is 0 Å². The molecule has 0 radical (unpaired) electrons. The molecule has 27 heavy (non-hydrogen) atoms. The van der Waals surface area contributed by atoms with E-state index in [1.54, 1.807) is 23.4 Å². The van der Waals surface area contributed by atoms with Crippen LogP contribution in [0, 0.1) is 6.92 Å². The molecule has 3 aromatic heterocycles. The predicted molar refractivity (Wildman–Crippen MR) is 103 cm³/mol. The molecule has 2 aliphatic heterocycles. The van der Waals surface area contributed by atoms with Crippen LogP contribution in [0.1, 0.15) is 12.1 Å². The van der Waals surface area contributed by atoms with E-state index in [9.17, 15) is 4.79 Å². The molecule has 8 nitrogen and oxygen atoms in total. The minimum absolute atomic E-state index is 0.106.